The van der Waals surface area contributed by atoms with E-state index in [0.717, 1.165) is 22.1 Å². The predicted octanol–water partition coefficient (Wildman–Crippen LogP) is 3.82. The highest BCUT2D eigenvalue weighted by Crippen LogP contribution is 2.21. The van der Waals surface area contributed by atoms with Gasteiger partial charge in [0.1, 0.15) is 18.1 Å². The number of nitrogens with zero attached hydrogens (tertiary/aromatic N) is 1. The molecule has 0 spiro atoms. The van der Waals surface area contributed by atoms with Crippen LogP contribution in [0.15, 0.2) is 54.6 Å². The molecule has 3 rings (SSSR count). The highest BCUT2D eigenvalue weighted by atomic mass is 16.5. The summed E-state index contributed by atoms with van der Waals surface area (Å²) in [5.41, 5.74) is 1.49. The summed E-state index contributed by atoms with van der Waals surface area (Å²) in [6, 6.07) is 17.3. The molecule has 0 aliphatic heterocycles. The molecule has 0 amide bonds. The molecule has 0 aliphatic rings. The molecule has 0 fully saturated rings. The van der Waals surface area contributed by atoms with Crippen LogP contribution in [-0.4, -0.2) is 16.1 Å². The van der Waals surface area contributed by atoms with Crippen molar-refractivity contribution in [3.63, 3.8) is 0 Å². The maximum absolute atomic E-state index is 11.0. The molecule has 2 aromatic carbocycles. The molecule has 0 bridgehead atoms. The Morgan fingerprint density at radius 3 is 2.64 bits per heavy atom. The summed E-state index contributed by atoms with van der Waals surface area (Å²) in [6.45, 7) is 2.08. The van der Waals surface area contributed by atoms with Gasteiger partial charge in [0.2, 0.25) is 0 Å². The molecule has 22 heavy (non-hydrogen) atoms. The van der Waals surface area contributed by atoms with Gasteiger partial charge in [-0.1, -0.05) is 30.3 Å². The summed E-state index contributed by atoms with van der Waals surface area (Å²) < 4.78 is 5.73. The van der Waals surface area contributed by atoms with Gasteiger partial charge in [-0.3, -0.25) is 0 Å². The number of carbonyl (C=O) groups is 1. The first-order chi connectivity index (χ1) is 10.6. The third-order valence-corrected chi connectivity index (χ3v) is 3.35. The zero-order valence-corrected chi connectivity index (χ0v) is 12.1. The van der Waals surface area contributed by atoms with E-state index in [9.17, 15) is 4.79 Å². The average Bonchev–Trinajstić information content (AvgIpc) is 2.52. The molecule has 0 radical (unpaired) electrons. The molecule has 0 saturated carbocycles. The van der Waals surface area contributed by atoms with Crippen LogP contribution in [0.2, 0.25) is 0 Å². The van der Waals surface area contributed by atoms with Gasteiger partial charge in [-0.2, -0.15) is 0 Å². The van der Waals surface area contributed by atoms with Gasteiger partial charge in [0, 0.05) is 0 Å². The smallest absolute Gasteiger partial charge is 0.354 e. The molecule has 0 unspecified atom stereocenters. The summed E-state index contributed by atoms with van der Waals surface area (Å²) in [5, 5.41) is 11.3. The number of hydrogen-bond acceptors (Lipinski definition) is 3. The number of aromatic nitrogens is 1. The molecule has 1 aromatic heterocycles. The molecule has 0 aliphatic carbocycles. The molecule has 1 heterocycles. The van der Waals surface area contributed by atoms with Crippen LogP contribution in [0.1, 0.15) is 21.7 Å². The quantitative estimate of drug-likeness (QED) is 0.794. The largest absolute Gasteiger partial charge is 0.487 e. The second kappa shape index (κ2) is 5.85. The van der Waals surface area contributed by atoms with Gasteiger partial charge in [-0.05, 0) is 47.5 Å². The van der Waals surface area contributed by atoms with Crippen LogP contribution >= 0.6 is 0 Å². The van der Waals surface area contributed by atoms with Crippen LogP contribution in [0.25, 0.3) is 10.8 Å². The van der Waals surface area contributed by atoms with Gasteiger partial charge in [0.05, 0.1) is 5.69 Å². The lowest BCUT2D eigenvalue weighted by Gasteiger charge is -2.08. The highest BCUT2D eigenvalue weighted by molar-refractivity contribution is 5.85. The summed E-state index contributed by atoms with van der Waals surface area (Å²) in [4.78, 5) is 15.1. The van der Waals surface area contributed by atoms with Crippen LogP contribution in [0.3, 0.4) is 0 Å². The first-order valence-electron chi connectivity index (χ1n) is 6.94. The van der Waals surface area contributed by atoms with Gasteiger partial charge in [0.15, 0.2) is 0 Å². The molecule has 0 atom stereocenters. The number of aromatic carboxylic acids is 1. The maximum atomic E-state index is 11.0. The second-order valence-corrected chi connectivity index (χ2v) is 5.12. The van der Waals surface area contributed by atoms with E-state index < -0.39 is 5.97 Å². The third-order valence-electron chi connectivity index (χ3n) is 3.35. The predicted molar refractivity (Wildman–Crippen MR) is 84.2 cm³/mol. The Labute approximate surface area is 128 Å². The van der Waals surface area contributed by atoms with Crippen LogP contribution in [-0.2, 0) is 6.61 Å². The normalized spacial score (nSPS) is 10.6. The molecule has 4 nitrogen and oxygen atoms in total. The first-order valence-corrected chi connectivity index (χ1v) is 6.94. The Kier molecular flexibility index (Phi) is 3.74. The van der Waals surface area contributed by atoms with E-state index in [0.29, 0.717) is 5.69 Å². The Hall–Kier alpha value is -2.88. The van der Waals surface area contributed by atoms with Crippen molar-refractivity contribution in [1.82, 2.24) is 4.98 Å². The molecule has 3 aromatic rings. The van der Waals surface area contributed by atoms with Gasteiger partial charge in [-0.25, -0.2) is 9.78 Å². The number of pyridine rings is 1. The number of rotatable bonds is 4. The van der Waals surface area contributed by atoms with Gasteiger partial charge < -0.3 is 9.84 Å². The number of hydrogen-bond donors (Lipinski definition) is 1. The average molecular weight is 293 g/mol. The van der Waals surface area contributed by atoms with E-state index in [1.807, 2.05) is 55.5 Å². The van der Waals surface area contributed by atoms with E-state index in [4.69, 9.17) is 9.84 Å². The maximum Gasteiger partial charge on any atom is 0.354 e. The summed E-state index contributed by atoms with van der Waals surface area (Å²) in [5.74, 6) is -0.297. The summed E-state index contributed by atoms with van der Waals surface area (Å²) in [6.07, 6.45) is 0. The zero-order chi connectivity index (χ0) is 15.5. The second-order valence-electron chi connectivity index (χ2n) is 5.12. The van der Waals surface area contributed by atoms with Crippen LogP contribution in [0.5, 0.6) is 5.75 Å². The number of carboxylic acids is 1. The van der Waals surface area contributed by atoms with E-state index in [1.165, 1.54) is 0 Å². The molecular formula is C18H15NO3. The van der Waals surface area contributed by atoms with Crippen LogP contribution in [0, 0.1) is 6.92 Å². The highest BCUT2D eigenvalue weighted by Gasteiger charge is 2.08. The number of benzene rings is 2. The Morgan fingerprint density at radius 2 is 1.86 bits per heavy atom. The lowest BCUT2D eigenvalue weighted by molar-refractivity contribution is 0.0689. The number of ether oxygens (including phenoxy) is 1. The van der Waals surface area contributed by atoms with Crippen molar-refractivity contribution in [1.29, 1.82) is 0 Å². The molecule has 1 N–H and O–H groups in total. The van der Waals surface area contributed by atoms with E-state index in [1.54, 1.807) is 6.07 Å². The van der Waals surface area contributed by atoms with E-state index in [2.05, 4.69) is 4.98 Å². The van der Waals surface area contributed by atoms with Crippen LogP contribution in [0.4, 0.5) is 0 Å². The van der Waals surface area contributed by atoms with Crippen molar-refractivity contribution in [3.8, 4) is 5.75 Å². The van der Waals surface area contributed by atoms with Crippen LogP contribution < -0.4 is 4.74 Å². The number of aryl methyl sites for hydroxylation is 1. The Morgan fingerprint density at radius 1 is 1.09 bits per heavy atom. The van der Waals surface area contributed by atoms with Crippen molar-refractivity contribution < 1.29 is 14.6 Å². The third kappa shape index (κ3) is 3.06. The van der Waals surface area contributed by atoms with Gasteiger partial charge >= 0.3 is 5.97 Å². The fourth-order valence-corrected chi connectivity index (χ4v) is 2.34. The topological polar surface area (TPSA) is 59.4 Å². The summed E-state index contributed by atoms with van der Waals surface area (Å²) in [7, 11) is 0. The van der Waals surface area contributed by atoms with Crippen molar-refractivity contribution in [2.75, 3.05) is 0 Å². The van der Waals surface area contributed by atoms with Gasteiger partial charge in [-0.15, -0.1) is 0 Å². The van der Waals surface area contributed by atoms with Gasteiger partial charge in [0.25, 0.3) is 0 Å². The fourth-order valence-electron chi connectivity index (χ4n) is 2.34. The minimum Gasteiger partial charge on any atom is -0.487 e. The number of carboxylic acid groups (broad SMARTS) is 1. The molecule has 110 valence electrons. The molecule has 0 saturated heterocycles. The minimum atomic E-state index is -1.03. The Balaban J connectivity index is 1.80. The molecule has 4 heteroatoms. The van der Waals surface area contributed by atoms with Crippen molar-refractivity contribution in [2.45, 2.75) is 13.5 Å². The summed E-state index contributed by atoms with van der Waals surface area (Å²) >= 11 is 0. The van der Waals surface area contributed by atoms with Crippen molar-refractivity contribution >= 4 is 16.7 Å². The van der Waals surface area contributed by atoms with Crippen molar-refractivity contribution in [2.24, 2.45) is 0 Å². The lowest BCUT2D eigenvalue weighted by Crippen LogP contribution is -2.06. The first kappa shape index (κ1) is 14.1. The Bertz CT molecular complexity index is 843. The van der Waals surface area contributed by atoms with E-state index >= 15 is 0 Å². The lowest BCUT2D eigenvalue weighted by atomic mass is 10.1. The standard InChI is InChI=1S/C18H15NO3/c1-12-8-15(19-17(9-12)18(20)21)11-22-16-7-6-13-4-2-3-5-14(13)10-16/h2-10H,11H2,1H3,(H,20,21). The SMILES string of the molecule is Cc1cc(COc2ccc3ccccc3c2)nc(C(=O)O)c1. The number of fused-ring (bicyclic) bond motifs is 1. The zero-order valence-electron chi connectivity index (χ0n) is 12.1. The van der Waals surface area contributed by atoms with E-state index in [-0.39, 0.29) is 12.3 Å². The molecular weight excluding hydrogens is 278 g/mol. The monoisotopic (exact) mass is 293 g/mol. The fraction of sp³-hybridized carbons (Fsp3) is 0.111. The van der Waals surface area contributed by atoms with Crippen molar-refractivity contribution in [3.05, 3.63) is 71.5 Å². The minimum absolute atomic E-state index is 0.0390.